The Morgan fingerprint density at radius 1 is 1.46 bits per heavy atom. The summed E-state index contributed by atoms with van der Waals surface area (Å²) in [6.45, 7) is 0.111. The molecule has 0 heterocycles. The van der Waals surface area contributed by atoms with Gasteiger partial charge in [0.25, 0.3) is 5.96 Å². The summed E-state index contributed by atoms with van der Waals surface area (Å²) in [6.07, 6.45) is 0. The minimum atomic E-state index is -0.552. The van der Waals surface area contributed by atoms with Crippen LogP contribution in [0.1, 0.15) is 5.56 Å². The average Bonchev–Trinajstić information content (AvgIpc) is 2.18. The Morgan fingerprint density at radius 3 is 2.62 bits per heavy atom. The smallest absolute Gasteiger partial charge is 0.251 e. The normalized spacial score (nSPS) is 11.4. The molecule has 5 heteroatoms. The number of nitrogens with two attached hydrogens (primary N) is 1. The largest absolute Gasteiger partial charge is 0.366 e. The summed E-state index contributed by atoms with van der Waals surface area (Å²) in [6, 6.07) is 9.04. The van der Waals surface area contributed by atoms with Crippen LogP contribution < -0.4 is 5.73 Å². The van der Waals surface area contributed by atoms with E-state index in [1.54, 1.807) is 12.1 Å². The number of hydroxylamine groups is 2. The van der Waals surface area contributed by atoms with Crippen LogP contribution in [0.4, 0.5) is 4.48 Å². The van der Waals surface area contributed by atoms with E-state index in [0.29, 0.717) is 5.06 Å². The molecule has 0 unspecified atom stereocenters. The fourth-order valence-electron chi connectivity index (χ4n) is 0.881. The average molecular weight is 183 g/mol. The first-order chi connectivity index (χ1) is 6.24. The van der Waals surface area contributed by atoms with Crippen LogP contribution in [0, 0.1) is 0 Å². The second kappa shape index (κ2) is 4.42. The number of halogens is 1. The Kier molecular flexibility index (Phi) is 3.22. The molecule has 13 heavy (non-hydrogen) atoms. The van der Waals surface area contributed by atoms with E-state index in [1.165, 1.54) is 0 Å². The summed E-state index contributed by atoms with van der Waals surface area (Å²) in [4.78, 5) is 0. The van der Waals surface area contributed by atoms with Crippen molar-refractivity contribution in [2.45, 2.75) is 6.54 Å². The van der Waals surface area contributed by atoms with E-state index < -0.39 is 5.96 Å². The molecule has 0 aliphatic rings. The van der Waals surface area contributed by atoms with Crippen LogP contribution in [0.3, 0.4) is 0 Å². The van der Waals surface area contributed by atoms with Crippen molar-refractivity contribution in [1.82, 2.24) is 5.06 Å². The second-order valence-corrected chi connectivity index (χ2v) is 2.49. The fourth-order valence-corrected chi connectivity index (χ4v) is 0.881. The number of hydrogen-bond acceptors (Lipinski definition) is 2. The highest BCUT2D eigenvalue weighted by molar-refractivity contribution is 5.76. The van der Waals surface area contributed by atoms with Gasteiger partial charge in [0.05, 0.1) is 6.54 Å². The van der Waals surface area contributed by atoms with Crippen molar-refractivity contribution in [1.29, 1.82) is 0 Å². The van der Waals surface area contributed by atoms with Crippen LogP contribution in [0.25, 0.3) is 0 Å². The zero-order valence-corrected chi connectivity index (χ0v) is 6.89. The van der Waals surface area contributed by atoms with Crippen LogP contribution >= 0.6 is 0 Å². The van der Waals surface area contributed by atoms with Crippen molar-refractivity contribution >= 4 is 5.96 Å². The Hall–Kier alpha value is -1.62. The lowest BCUT2D eigenvalue weighted by Crippen LogP contribution is -2.33. The highest BCUT2D eigenvalue weighted by Gasteiger charge is 2.04. The molecule has 0 amide bonds. The molecule has 0 atom stereocenters. The monoisotopic (exact) mass is 183 g/mol. The molecule has 0 fully saturated rings. The molecule has 1 aromatic carbocycles. The van der Waals surface area contributed by atoms with Gasteiger partial charge in [-0.3, -0.25) is 5.21 Å². The minimum absolute atomic E-state index is 0.111. The van der Waals surface area contributed by atoms with Crippen LogP contribution in [0.15, 0.2) is 35.5 Å². The number of nitrogens with zero attached hydrogens (tertiary/aromatic N) is 2. The molecule has 0 saturated carbocycles. The molecule has 4 nitrogen and oxygen atoms in total. The van der Waals surface area contributed by atoms with Gasteiger partial charge in [-0.25, -0.2) is 5.06 Å². The van der Waals surface area contributed by atoms with Gasteiger partial charge < -0.3 is 5.73 Å². The Balaban J connectivity index is 2.60. The summed E-state index contributed by atoms with van der Waals surface area (Å²) in [5, 5.41) is 11.8. The van der Waals surface area contributed by atoms with Gasteiger partial charge in [0.15, 0.2) is 0 Å². The van der Waals surface area contributed by atoms with E-state index in [0.717, 1.165) is 5.56 Å². The zero-order valence-electron chi connectivity index (χ0n) is 6.89. The third kappa shape index (κ3) is 2.72. The minimum Gasteiger partial charge on any atom is -0.366 e. The molecule has 1 aromatic rings. The summed E-state index contributed by atoms with van der Waals surface area (Å²) in [5.41, 5.74) is 5.83. The Bertz CT molecular complexity index is 289. The van der Waals surface area contributed by atoms with Gasteiger partial charge in [0.1, 0.15) is 0 Å². The van der Waals surface area contributed by atoms with E-state index in [9.17, 15) is 4.48 Å². The van der Waals surface area contributed by atoms with Crippen LogP contribution in [0.5, 0.6) is 0 Å². The van der Waals surface area contributed by atoms with Crippen molar-refractivity contribution in [3.63, 3.8) is 0 Å². The van der Waals surface area contributed by atoms with Gasteiger partial charge in [-0.2, -0.15) is 0 Å². The molecular formula is C8H10FN3O. The summed E-state index contributed by atoms with van der Waals surface area (Å²) >= 11 is 0. The summed E-state index contributed by atoms with van der Waals surface area (Å²) < 4.78 is 11.6. The SMILES string of the molecule is NC(=NF)N(O)Cc1ccccc1. The van der Waals surface area contributed by atoms with Gasteiger partial charge in [-0.15, -0.1) is 0 Å². The van der Waals surface area contributed by atoms with E-state index >= 15 is 0 Å². The first kappa shape index (κ1) is 9.47. The maximum atomic E-state index is 11.6. The predicted octanol–water partition coefficient (Wildman–Crippen LogP) is 1.08. The van der Waals surface area contributed by atoms with Gasteiger partial charge in [-0.1, -0.05) is 34.8 Å². The summed E-state index contributed by atoms with van der Waals surface area (Å²) in [7, 11) is 0. The van der Waals surface area contributed by atoms with Gasteiger partial charge in [0, 0.05) is 0 Å². The van der Waals surface area contributed by atoms with Crippen molar-refractivity contribution in [3.8, 4) is 0 Å². The first-order valence-corrected chi connectivity index (χ1v) is 3.69. The maximum Gasteiger partial charge on any atom is 0.251 e. The molecular weight excluding hydrogens is 173 g/mol. The lowest BCUT2D eigenvalue weighted by atomic mass is 10.2. The van der Waals surface area contributed by atoms with E-state index in [4.69, 9.17) is 10.9 Å². The molecule has 3 N–H and O–H groups in total. The van der Waals surface area contributed by atoms with E-state index in [1.807, 2.05) is 18.2 Å². The lowest BCUT2D eigenvalue weighted by molar-refractivity contribution is -0.0259. The van der Waals surface area contributed by atoms with Gasteiger partial charge in [0.2, 0.25) is 0 Å². The fraction of sp³-hybridized carbons (Fsp3) is 0.125. The Morgan fingerprint density at radius 2 is 2.08 bits per heavy atom. The molecule has 0 radical (unpaired) electrons. The van der Waals surface area contributed by atoms with Gasteiger partial charge in [-0.05, 0) is 10.8 Å². The van der Waals surface area contributed by atoms with Crippen molar-refractivity contribution in [3.05, 3.63) is 35.9 Å². The van der Waals surface area contributed by atoms with E-state index in [-0.39, 0.29) is 6.54 Å². The van der Waals surface area contributed by atoms with Crippen LogP contribution in [-0.4, -0.2) is 16.2 Å². The van der Waals surface area contributed by atoms with E-state index in [2.05, 4.69) is 5.21 Å². The van der Waals surface area contributed by atoms with Crippen molar-refractivity contribution in [2.75, 3.05) is 0 Å². The zero-order chi connectivity index (χ0) is 9.68. The van der Waals surface area contributed by atoms with Crippen molar-refractivity contribution < 1.29 is 9.69 Å². The molecule has 1 rings (SSSR count). The van der Waals surface area contributed by atoms with Crippen molar-refractivity contribution in [2.24, 2.45) is 10.9 Å². The predicted molar refractivity (Wildman–Crippen MR) is 46.5 cm³/mol. The second-order valence-electron chi connectivity index (χ2n) is 2.49. The molecule has 0 aliphatic heterocycles. The number of hydrogen-bond donors (Lipinski definition) is 2. The number of guanidine groups is 1. The van der Waals surface area contributed by atoms with Gasteiger partial charge >= 0.3 is 0 Å². The van der Waals surface area contributed by atoms with Crippen LogP contribution in [0.2, 0.25) is 0 Å². The third-order valence-corrected chi connectivity index (χ3v) is 1.53. The third-order valence-electron chi connectivity index (χ3n) is 1.53. The maximum absolute atomic E-state index is 11.6. The van der Waals surface area contributed by atoms with Crippen LogP contribution in [-0.2, 0) is 6.54 Å². The topological polar surface area (TPSA) is 61.8 Å². The molecule has 0 bridgehead atoms. The molecule has 0 aromatic heterocycles. The first-order valence-electron chi connectivity index (χ1n) is 3.69. The molecule has 0 aliphatic carbocycles. The number of benzene rings is 1. The molecule has 0 saturated heterocycles. The quantitative estimate of drug-likeness (QED) is 0.409. The standard InChI is InChI=1S/C8H10FN3O/c9-11-8(10)12(13)6-7-4-2-1-3-5-7/h1-5,13H,6H2,(H2,10,11). The number of rotatable bonds is 2. The molecule has 0 spiro atoms. The summed E-state index contributed by atoms with van der Waals surface area (Å²) in [5.74, 6) is -0.552. The molecule has 70 valence electrons. The highest BCUT2D eigenvalue weighted by Crippen LogP contribution is 2.01. The highest BCUT2D eigenvalue weighted by atomic mass is 19.2. The lowest BCUT2D eigenvalue weighted by Gasteiger charge is -2.13. The Labute approximate surface area is 75.0 Å².